The summed E-state index contributed by atoms with van der Waals surface area (Å²) < 4.78 is 5.39. The summed E-state index contributed by atoms with van der Waals surface area (Å²) in [4.78, 5) is 11.2. The Labute approximate surface area is 82.3 Å². The smallest absolute Gasteiger partial charge is 0.340 e. The summed E-state index contributed by atoms with van der Waals surface area (Å²) >= 11 is 0. The van der Waals surface area contributed by atoms with Gasteiger partial charge in [0.15, 0.2) is 5.60 Å². The minimum atomic E-state index is -1.10. The zero-order chi connectivity index (χ0) is 10.0. The van der Waals surface area contributed by atoms with Gasteiger partial charge in [0.05, 0.1) is 0 Å². The molecule has 0 unspecified atom stereocenters. The molecule has 1 aromatic carbocycles. The van der Waals surface area contributed by atoms with Gasteiger partial charge in [-0.2, -0.15) is 0 Å². The second kappa shape index (κ2) is 3.42. The first-order chi connectivity index (χ1) is 6.76. The fourth-order valence-corrected chi connectivity index (χ4v) is 1.87. The highest BCUT2D eigenvalue weighted by Crippen LogP contribution is 2.36. The molecule has 0 spiro atoms. The monoisotopic (exact) mass is 192 g/mol. The molecule has 0 amide bonds. The SMILES string of the molecule is O=C(O)[C@@]1(c2ccccc2)CCCO1. The molecule has 3 nitrogen and oxygen atoms in total. The molecule has 1 aromatic rings. The first-order valence-electron chi connectivity index (χ1n) is 4.68. The molecule has 1 atom stereocenters. The maximum absolute atomic E-state index is 11.2. The molecule has 1 aliphatic heterocycles. The van der Waals surface area contributed by atoms with E-state index in [-0.39, 0.29) is 0 Å². The van der Waals surface area contributed by atoms with Gasteiger partial charge in [-0.1, -0.05) is 30.3 Å². The van der Waals surface area contributed by atoms with E-state index in [0.29, 0.717) is 13.0 Å². The second-order valence-corrected chi connectivity index (χ2v) is 3.45. The van der Waals surface area contributed by atoms with Gasteiger partial charge in [-0.15, -0.1) is 0 Å². The summed E-state index contributed by atoms with van der Waals surface area (Å²) in [5.41, 5.74) is -0.355. The number of aliphatic carboxylic acids is 1. The highest BCUT2D eigenvalue weighted by atomic mass is 16.5. The van der Waals surface area contributed by atoms with Crippen LogP contribution in [0.2, 0.25) is 0 Å². The average molecular weight is 192 g/mol. The predicted octanol–water partition coefficient (Wildman–Crippen LogP) is 1.78. The van der Waals surface area contributed by atoms with E-state index in [1.165, 1.54) is 0 Å². The maximum atomic E-state index is 11.2. The number of hydrogen-bond acceptors (Lipinski definition) is 2. The van der Waals surface area contributed by atoms with Crippen molar-refractivity contribution in [3.8, 4) is 0 Å². The van der Waals surface area contributed by atoms with Crippen LogP contribution in [-0.4, -0.2) is 17.7 Å². The van der Waals surface area contributed by atoms with Crippen LogP contribution in [-0.2, 0) is 15.1 Å². The molecule has 1 heterocycles. The largest absolute Gasteiger partial charge is 0.479 e. The topological polar surface area (TPSA) is 46.5 Å². The van der Waals surface area contributed by atoms with Crippen molar-refractivity contribution in [1.29, 1.82) is 0 Å². The molecular weight excluding hydrogens is 180 g/mol. The van der Waals surface area contributed by atoms with E-state index < -0.39 is 11.6 Å². The van der Waals surface area contributed by atoms with Crippen LogP contribution in [0.1, 0.15) is 18.4 Å². The van der Waals surface area contributed by atoms with Gasteiger partial charge in [-0.25, -0.2) is 4.79 Å². The molecule has 2 rings (SSSR count). The van der Waals surface area contributed by atoms with E-state index in [4.69, 9.17) is 4.74 Å². The molecule has 1 fully saturated rings. The van der Waals surface area contributed by atoms with Crippen molar-refractivity contribution in [2.24, 2.45) is 0 Å². The summed E-state index contributed by atoms with van der Waals surface area (Å²) in [7, 11) is 0. The Morgan fingerprint density at radius 1 is 1.36 bits per heavy atom. The zero-order valence-electron chi connectivity index (χ0n) is 7.77. The third kappa shape index (κ3) is 1.30. The van der Waals surface area contributed by atoms with E-state index in [2.05, 4.69) is 0 Å². The van der Waals surface area contributed by atoms with Gasteiger partial charge in [-0.05, 0) is 18.4 Å². The van der Waals surface area contributed by atoms with E-state index in [1.807, 2.05) is 18.2 Å². The lowest BCUT2D eigenvalue weighted by Crippen LogP contribution is -2.34. The first kappa shape index (κ1) is 9.21. The third-order valence-electron chi connectivity index (χ3n) is 2.61. The van der Waals surface area contributed by atoms with Gasteiger partial charge in [0.1, 0.15) is 0 Å². The van der Waals surface area contributed by atoms with E-state index in [1.54, 1.807) is 12.1 Å². The molecular formula is C11H12O3. The van der Waals surface area contributed by atoms with Crippen LogP contribution >= 0.6 is 0 Å². The average Bonchev–Trinajstić information content (AvgIpc) is 2.69. The van der Waals surface area contributed by atoms with Gasteiger partial charge >= 0.3 is 5.97 Å². The van der Waals surface area contributed by atoms with Crippen LogP contribution in [0.4, 0.5) is 0 Å². The first-order valence-corrected chi connectivity index (χ1v) is 4.68. The standard InChI is InChI=1S/C11H12O3/c12-10(13)11(7-4-8-14-11)9-5-2-1-3-6-9/h1-3,5-6H,4,7-8H2,(H,12,13)/t11-/m0/s1. The molecule has 74 valence electrons. The molecule has 1 saturated heterocycles. The van der Waals surface area contributed by atoms with Crippen molar-refractivity contribution in [3.05, 3.63) is 35.9 Å². The molecule has 3 heteroatoms. The van der Waals surface area contributed by atoms with Crippen molar-refractivity contribution in [2.75, 3.05) is 6.61 Å². The third-order valence-corrected chi connectivity index (χ3v) is 2.61. The van der Waals surface area contributed by atoms with Gasteiger partial charge in [0.25, 0.3) is 0 Å². The van der Waals surface area contributed by atoms with Crippen molar-refractivity contribution >= 4 is 5.97 Å². The van der Waals surface area contributed by atoms with Crippen LogP contribution in [0.25, 0.3) is 0 Å². The fraction of sp³-hybridized carbons (Fsp3) is 0.364. The highest BCUT2D eigenvalue weighted by Gasteiger charge is 2.44. The maximum Gasteiger partial charge on any atom is 0.340 e. The number of ether oxygens (including phenoxy) is 1. The quantitative estimate of drug-likeness (QED) is 0.776. The predicted molar refractivity (Wildman–Crippen MR) is 50.9 cm³/mol. The summed E-state index contributed by atoms with van der Waals surface area (Å²) in [6.45, 7) is 0.529. The lowest BCUT2D eigenvalue weighted by molar-refractivity contribution is -0.161. The zero-order valence-corrected chi connectivity index (χ0v) is 7.77. The van der Waals surface area contributed by atoms with Crippen molar-refractivity contribution < 1.29 is 14.6 Å². The Hall–Kier alpha value is -1.35. The van der Waals surface area contributed by atoms with E-state index in [0.717, 1.165) is 12.0 Å². The Morgan fingerprint density at radius 3 is 2.57 bits per heavy atom. The molecule has 1 N–H and O–H groups in total. The van der Waals surface area contributed by atoms with Gasteiger partial charge in [0.2, 0.25) is 0 Å². The number of carboxylic acids is 1. The molecule has 0 aliphatic carbocycles. The number of hydrogen-bond donors (Lipinski definition) is 1. The lowest BCUT2D eigenvalue weighted by atomic mass is 9.91. The Kier molecular flexibility index (Phi) is 2.25. The summed E-state index contributed by atoms with van der Waals surface area (Å²) in [6, 6.07) is 9.15. The number of benzene rings is 1. The molecule has 0 aromatic heterocycles. The van der Waals surface area contributed by atoms with Crippen LogP contribution in [0.3, 0.4) is 0 Å². The molecule has 0 radical (unpaired) electrons. The highest BCUT2D eigenvalue weighted by molar-refractivity contribution is 5.79. The lowest BCUT2D eigenvalue weighted by Gasteiger charge is -2.23. The van der Waals surface area contributed by atoms with Gasteiger partial charge < -0.3 is 9.84 Å². The Bertz CT molecular complexity index is 326. The van der Waals surface area contributed by atoms with Crippen molar-refractivity contribution in [2.45, 2.75) is 18.4 Å². The Balaban J connectivity index is 2.42. The van der Waals surface area contributed by atoms with Gasteiger partial charge in [0, 0.05) is 6.61 Å². The van der Waals surface area contributed by atoms with Crippen molar-refractivity contribution in [3.63, 3.8) is 0 Å². The Morgan fingerprint density at radius 2 is 2.07 bits per heavy atom. The van der Waals surface area contributed by atoms with Crippen molar-refractivity contribution in [1.82, 2.24) is 0 Å². The summed E-state index contributed by atoms with van der Waals surface area (Å²) in [5.74, 6) is -0.888. The van der Waals surface area contributed by atoms with Crippen LogP contribution in [0, 0.1) is 0 Å². The molecule has 0 saturated carbocycles. The number of rotatable bonds is 2. The van der Waals surface area contributed by atoms with Crippen LogP contribution in [0.15, 0.2) is 30.3 Å². The minimum Gasteiger partial charge on any atom is -0.479 e. The second-order valence-electron chi connectivity index (χ2n) is 3.45. The van der Waals surface area contributed by atoms with Crippen LogP contribution in [0.5, 0.6) is 0 Å². The summed E-state index contributed by atoms with van der Waals surface area (Å²) in [6.07, 6.45) is 1.37. The van der Waals surface area contributed by atoms with Crippen LogP contribution < -0.4 is 0 Å². The normalized spacial score (nSPS) is 26.3. The summed E-state index contributed by atoms with van der Waals surface area (Å²) in [5, 5.41) is 9.19. The molecule has 0 bridgehead atoms. The molecule has 14 heavy (non-hydrogen) atoms. The number of carboxylic acid groups (broad SMARTS) is 1. The minimum absolute atomic E-state index is 0.529. The molecule has 1 aliphatic rings. The van der Waals surface area contributed by atoms with E-state index in [9.17, 15) is 9.90 Å². The fourth-order valence-electron chi connectivity index (χ4n) is 1.87. The van der Waals surface area contributed by atoms with Gasteiger partial charge in [-0.3, -0.25) is 0 Å². The number of carbonyl (C=O) groups is 1. The van der Waals surface area contributed by atoms with E-state index >= 15 is 0 Å².